The average Bonchev–Trinajstić information content (AvgIpc) is 2.68. The molecule has 1 aliphatic heterocycles. The van der Waals surface area contributed by atoms with Gasteiger partial charge in [-0.25, -0.2) is 0 Å². The van der Waals surface area contributed by atoms with Crippen LogP contribution >= 0.6 is 0 Å². The van der Waals surface area contributed by atoms with Crippen LogP contribution in [0.25, 0.3) is 0 Å². The summed E-state index contributed by atoms with van der Waals surface area (Å²) in [6.45, 7) is -0.632. The smallest absolute Gasteiger partial charge is 0.318 e. The number of esters is 1. The van der Waals surface area contributed by atoms with Crippen molar-refractivity contribution in [3.63, 3.8) is 0 Å². The molecular formula is C19H18N2O5. The minimum Gasteiger partial charge on any atom is -0.457 e. The molecule has 0 aromatic heterocycles. The molecule has 0 unspecified atom stereocenters. The van der Waals surface area contributed by atoms with Gasteiger partial charge in [-0.05, 0) is 12.1 Å². The molecule has 3 rings (SSSR count). The van der Waals surface area contributed by atoms with Crippen LogP contribution in [-0.2, 0) is 19.1 Å². The molecule has 0 spiro atoms. The zero-order valence-electron chi connectivity index (χ0n) is 14.2. The lowest BCUT2D eigenvalue weighted by molar-refractivity contribution is -0.149. The number of rotatable bonds is 5. The van der Waals surface area contributed by atoms with E-state index in [0.29, 0.717) is 22.6 Å². The number of fused-ring (bicyclic) bond motifs is 2. The Morgan fingerprint density at radius 1 is 0.962 bits per heavy atom. The van der Waals surface area contributed by atoms with Crippen molar-refractivity contribution >= 4 is 17.8 Å². The third-order valence-corrected chi connectivity index (χ3v) is 3.99. The molecule has 7 heteroatoms. The number of carbonyl (C=O) groups is 3. The highest BCUT2D eigenvalue weighted by Crippen LogP contribution is 2.44. The van der Waals surface area contributed by atoms with Crippen LogP contribution in [0.3, 0.4) is 0 Å². The molecule has 26 heavy (non-hydrogen) atoms. The predicted octanol–water partition coefficient (Wildman–Crippen LogP) is 1.33. The van der Waals surface area contributed by atoms with E-state index < -0.39 is 24.4 Å². The Bertz CT molecular complexity index is 804. The van der Waals surface area contributed by atoms with Gasteiger partial charge < -0.3 is 20.1 Å². The highest BCUT2D eigenvalue weighted by Gasteiger charge is 2.33. The molecule has 0 fully saturated rings. The first kappa shape index (κ1) is 17.5. The Balaban J connectivity index is 1.73. The normalized spacial score (nSPS) is 12.2. The van der Waals surface area contributed by atoms with Gasteiger partial charge in [0, 0.05) is 18.2 Å². The van der Waals surface area contributed by atoms with E-state index >= 15 is 0 Å². The number of amides is 2. The van der Waals surface area contributed by atoms with Crippen LogP contribution in [0.2, 0.25) is 0 Å². The minimum atomic E-state index is -0.678. The lowest BCUT2D eigenvalue weighted by Crippen LogP contribution is -2.37. The van der Waals surface area contributed by atoms with Crippen LogP contribution in [0, 0.1) is 0 Å². The van der Waals surface area contributed by atoms with Crippen LogP contribution in [0.4, 0.5) is 0 Å². The van der Waals surface area contributed by atoms with Crippen LogP contribution in [0.5, 0.6) is 11.5 Å². The number of ether oxygens (including phenoxy) is 2. The highest BCUT2D eigenvalue weighted by molar-refractivity contribution is 5.89. The Kier molecular flexibility index (Phi) is 5.17. The molecule has 0 saturated heterocycles. The van der Waals surface area contributed by atoms with Gasteiger partial charge in [0.1, 0.15) is 17.4 Å². The maximum absolute atomic E-state index is 12.7. The number of likely N-dealkylation sites (N-methyl/N-ethyl adjacent to an activating group) is 1. The van der Waals surface area contributed by atoms with Gasteiger partial charge in [0.25, 0.3) is 5.91 Å². The average molecular weight is 354 g/mol. The zero-order chi connectivity index (χ0) is 18.5. The molecule has 0 aliphatic carbocycles. The van der Waals surface area contributed by atoms with Crippen molar-refractivity contribution in [2.24, 2.45) is 0 Å². The molecule has 1 aliphatic rings. The third-order valence-electron chi connectivity index (χ3n) is 3.99. The molecule has 0 atom stereocenters. The summed E-state index contributed by atoms with van der Waals surface area (Å²) < 4.78 is 11.0. The second kappa shape index (κ2) is 7.69. The summed E-state index contributed by atoms with van der Waals surface area (Å²) in [5.74, 6) is -0.951. The Morgan fingerprint density at radius 2 is 1.54 bits per heavy atom. The predicted molar refractivity (Wildman–Crippen MR) is 92.8 cm³/mol. The maximum atomic E-state index is 12.7. The summed E-state index contributed by atoms with van der Waals surface area (Å²) in [5.41, 5.74) is 1.36. The van der Waals surface area contributed by atoms with E-state index in [9.17, 15) is 14.4 Å². The fourth-order valence-corrected chi connectivity index (χ4v) is 2.70. The Morgan fingerprint density at radius 3 is 2.12 bits per heavy atom. The molecule has 134 valence electrons. The minimum absolute atomic E-state index is 0.171. The molecular weight excluding hydrogens is 336 g/mol. The van der Waals surface area contributed by atoms with Gasteiger partial charge in [0.2, 0.25) is 5.91 Å². The van der Waals surface area contributed by atoms with Gasteiger partial charge >= 0.3 is 5.97 Å². The second-order valence-electron chi connectivity index (χ2n) is 5.67. The summed E-state index contributed by atoms with van der Waals surface area (Å²) >= 11 is 0. The van der Waals surface area contributed by atoms with Crippen molar-refractivity contribution in [2.45, 2.75) is 5.92 Å². The Labute approximate surface area is 150 Å². The summed E-state index contributed by atoms with van der Waals surface area (Å²) in [6, 6.07) is 14.4. The van der Waals surface area contributed by atoms with Gasteiger partial charge in [0.05, 0.1) is 6.54 Å². The largest absolute Gasteiger partial charge is 0.457 e. The lowest BCUT2D eigenvalue weighted by atomic mass is 9.88. The first-order valence-electron chi connectivity index (χ1n) is 8.09. The molecule has 2 N–H and O–H groups in total. The van der Waals surface area contributed by atoms with E-state index in [4.69, 9.17) is 9.47 Å². The van der Waals surface area contributed by atoms with Crippen molar-refractivity contribution in [2.75, 3.05) is 20.2 Å². The topological polar surface area (TPSA) is 93.7 Å². The Hall–Kier alpha value is -3.35. The van der Waals surface area contributed by atoms with E-state index in [0.717, 1.165) is 0 Å². The maximum Gasteiger partial charge on any atom is 0.318 e. The van der Waals surface area contributed by atoms with E-state index in [2.05, 4.69) is 10.6 Å². The van der Waals surface area contributed by atoms with Crippen molar-refractivity contribution in [3.05, 3.63) is 59.7 Å². The molecule has 0 saturated carbocycles. The standard InChI is InChI=1S/C19H18N2O5/c1-20-16(22)10-21-17(23)11-25-19(24)18-12-6-2-4-8-14(12)26-15-9-5-3-7-13(15)18/h2-9,18H,10-11H2,1H3,(H,20,22)(H,21,23). The van der Waals surface area contributed by atoms with Crippen molar-refractivity contribution in [1.82, 2.24) is 10.6 Å². The van der Waals surface area contributed by atoms with Gasteiger partial charge in [0.15, 0.2) is 6.61 Å². The van der Waals surface area contributed by atoms with Gasteiger partial charge in [-0.1, -0.05) is 36.4 Å². The molecule has 1 heterocycles. The quantitative estimate of drug-likeness (QED) is 0.790. The number of nitrogens with one attached hydrogen (secondary N) is 2. The summed E-state index contributed by atoms with van der Waals surface area (Å²) in [7, 11) is 1.47. The molecule has 7 nitrogen and oxygen atoms in total. The van der Waals surface area contributed by atoms with E-state index in [1.54, 1.807) is 24.3 Å². The molecule has 0 radical (unpaired) electrons. The fraction of sp³-hybridized carbons (Fsp3) is 0.211. The van der Waals surface area contributed by atoms with E-state index in [-0.39, 0.29) is 12.5 Å². The summed E-state index contributed by atoms with van der Waals surface area (Å²) in [5, 5.41) is 4.76. The van der Waals surface area contributed by atoms with Crippen LogP contribution < -0.4 is 15.4 Å². The van der Waals surface area contributed by atoms with Crippen molar-refractivity contribution in [1.29, 1.82) is 0 Å². The van der Waals surface area contributed by atoms with E-state index in [1.165, 1.54) is 7.05 Å². The molecule has 2 aromatic rings. The highest BCUT2D eigenvalue weighted by atomic mass is 16.5. The first-order chi connectivity index (χ1) is 12.6. The molecule has 2 amide bonds. The fourth-order valence-electron chi connectivity index (χ4n) is 2.70. The summed E-state index contributed by atoms with van der Waals surface area (Å²) in [4.78, 5) is 35.6. The number of hydrogen-bond acceptors (Lipinski definition) is 5. The number of para-hydroxylation sites is 2. The van der Waals surface area contributed by atoms with Gasteiger partial charge in [-0.3, -0.25) is 14.4 Å². The first-order valence-corrected chi connectivity index (χ1v) is 8.09. The van der Waals surface area contributed by atoms with Crippen LogP contribution in [0.15, 0.2) is 48.5 Å². The lowest BCUT2D eigenvalue weighted by Gasteiger charge is -2.26. The number of benzene rings is 2. The number of hydrogen-bond donors (Lipinski definition) is 2. The second-order valence-corrected chi connectivity index (χ2v) is 5.67. The SMILES string of the molecule is CNC(=O)CNC(=O)COC(=O)C1c2ccccc2Oc2ccccc21. The van der Waals surface area contributed by atoms with Gasteiger partial charge in [-0.15, -0.1) is 0 Å². The van der Waals surface area contributed by atoms with Gasteiger partial charge in [-0.2, -0.15) is 0 Å². The van der Waals surface area contributed by atoms with Crippen LogP contribution in [-0.4, -0.2) is 38.0 Å². The van der Waals surface area contributed by atoms with Crippen LogP contribution in [0.1, 0.15) is 17.0 Å². The monoisotopic (exact) mass is 354 g/mol. The third kappa shape index (κ3) is 3.66. The number of carbonyl (C=O) groups excluding carboxylic acids is 3. The van der Waals surface area contributed by atoms with E-state index in [1.807, 2.05) is 24.3 Å². The van der Waals surface area contributed by atoms with Crippen molar-refractivity contribution < 1.29 is 23.9 Å². The molecule has 2 aromatic carbocycles. The van der Waals surface area contributed by atoms with Crippen molar-refractivity contribution in [3.8, 4) is 11.5 Å². The summed E-state index contributed by atoms with van der Waals surface area (Å²) in [6.07, 6.45) is 0. The molecule has 0 bridgehead atoms. The zero-order valence-corrected chi connectivity index (χ0v) is 14.2.